The molecule has 8 nitrogen and oxygen atoms in total. The number of nitrogens with one attached hydrogen (secondary N) is 2. The van der Waals surface area contributed by atoms with Gasteiger partial charge < -0.3 is 24.8 Å². The summed E-state index contributed by atoms with van der Waals surface area (Å²) in [6.07, 6.45) is 4.14. The molecule has 2 amide bonds. The first-order chi connectivity index (χ1) is 13.7. The number of nitrogens with zero attached hydrogens (tertiary/aromatic N) is 1. The molecule has 2 heterocycles. The third kappa shape index (κ3) is 4.70. The zero-order chi connectivity index (χ0) is 19.3. The first-order valence-corrected chi connectivity index (χ1v) is 9.19. The number of rotatable bonds is 8. The van der Waals surface area contributed by atoms with Gasteiger partial charge in [0.1, 0.15) is 0 Å². The minimum atomic E-state index is -0.354. The van der Waals surface area contributed by atoms with E-state index in [0.717, 1.165) is 5.56 Å². The summed E-state index contributed by atoms with van der Waals surface area (Å²) in [5.74, 6) is 1.75. The van der Waals surface area contributed by atoms with Crippen LogP contribution in [0.25, 0.3) is 0 Å². The van der Waals surface area contributed by atoms with E-state index in [-0.39, 0.29) is 25.2 Å². The number of hydrogen-bond acceptors (Lipinski definition) is 6. The first-order valence-electron chi connectivity index (χ1n) is 9.19. The molecule has 1 saturated carbocycles. The van der Waals surface area contributed by atoms with Gasteiger partial charge in [0.15, 0.2) is 11.5 Å². The highest BCUT2D eigenvalue weighted by atomic mass is 16.7. The first kappa shape index (κ1) is 18.1. The van der Waals surface area contributed by atoms with Crippen molar-refractivity contribution in [2.75, 3.05) is 19.9 Å². The highest BCUT2D eigenvalue weighted by Crippen LogP contribution is 2.32. The zero-order valence-corrected chi connectivity index (χ0v) is 15.3. The van der Waals surface area contributed by atoms with Crippen LogP contribution in [0.1, 0.15) is 28.8 Å². The van der Waals surface area contributed by atoms with Crippen molar-refractivity contribution in [1.82, 2.24) is 15.6 Å². The van der Waals surface area contributed by atoms with Crippen LogP contribution in [0.5, 0.6) is 17.4 Å². The normalized spacial score (nSPS) is 14.4. The number of benzene rings is 1. The summed E-state index contributed by atoms with van der Waals surface area (Å²) >= 11 is 0. The van der Waals surface area contributed by atoms with Crippen molar-refractivity contribution >= 4 is 11.8 Å². The monoisotopic (exact) mass is 383 g/mol. The molecule has 1 aromatic heterocycles. The predicted octanol–water partition coefficient (Wildman–Crippen LogP) is 1.65. The molecule has 0 spiro atoms. The van der Waals surface area contributed by atoms with Gasteiger partial charge in [0.25, 0.3) is 5.91 Å². The molecule has 2 aromatic rings. The second-order valence-corrected chi connectivity index (χ2v) is 6.79. The molecular weight excluding hydrogens is 362 g/mol. The molecule has 0 radical (unpaired) electrons. The Hall–Kier alpha value is -3.29. The molecule has 0 unspecified atom stereocenters. The van der Waals surface area contributed by atoms with Crippen molar-refractivity contribution in [2.24, 2.45) is 5.92 Å². The molecule has 2 aliphatic rings. The van der Waals surface area contributed by atoms with E-state index in [9.17, 15) is 9.59 Å². The fourth-order valence-corrected chi connectivity index (χ4v) is 2.65. The Morgan fingerprint density at radius 1 is 1.11 bits per heavy atom. The number of pyridine rings is 1. The van der Waals surface area contributed by atoms with Gasteiger partial charge in [-0.05, 0) is 42.5 Å². The average molecular weight is 383 g/mol. The lowest BCUT2D eigenvalue weighted by Gasteiger charge is -2.08. The number of aromatic nitrogens is 1. The molecule has 1 aliphatic carbocycles. The molecule has 8 heteroatoms. The van der Waals surface area contributed by atoms with Crippen LogP contribution < -0.4 is 24.8 Å². The number of fused-ring (bicyclic) bond motifs is 1. The summed E-state index contributed by atoms with van der Waals surface area (Å²) < 4.78 is 16.0. The number of ether oxygens (including phenoxy) is 3. The fourth-order valence-electron chi connectivity index (χ4n) is 2.65. The number of hydrogen-bond donors (Lipinski definition) is 2. The van der Waals surface area contributed by atoms with Gasteiger partial charge in [0.2, 0.25) is 18.6 Å². The van der Waals surface area contributed by atoms with Gasteiger partial charge in [-0.3, -0.25) is 9.59 Å². The Morgan fingerprint density at radius 2 is 1.96 bits per heavy atom. The summed E-state index contributed by atoms with van der Waals surface area (Å²) in [6, 6.07) is 8.54. The van der Waals surface area contributed by atoms with Crippen molar-refractivity contribution in [3.63, 3.8) is 0 Å². The summed E-state index contributed by atoms with van der Waals surface area (Å²) in [6.45, 7) is 1.06. The standard InChI is InChI=1S/C20H21N3O5/c24-18(10-23-20(25)15-4-5-16-17(7-15)28-12-27-16)21-8-14-3-6-19(22-9-14)26-11-13-1-2-13/h3-7,9,13H,1-2,8,10-12H2,(H,21,24)(H,23,25). The average Bonchev–Trinajstić information content (AvgIpc) is 3.44. The molecule has 4 rings (SSSR count). The van der Waals surface area contributed by atoms with Gasteiger partial charge >= 0.3 is 0 Å². The SMILES string of the molecule is O=C(CNC(=O)c1ccc2c(c1)OCO2)NCc1ccc(OCC2CC2)nc1. The molecule has 0 saturated heterocycles. The quantitative estimate of drug-likeness (QED) is 0.719. The minimum absolute atomic E-state index is 0.122. The van der Waals surface area contributed by atoms with Crippen LogP contribution in [0.4, 0.5) is 0 Å². The fraction of sp³-hybridized carbons (Fsp3) is 0.350. The van der Waals surface area contributed by atoms with Gasteiger partial charge in [-0.2, -0.15) is 0 Å². The Kier molecular flexibility index (Phi) is 5.27. The zero-order valence-electron chi connectivity index (χ0n) is 15.3. The van der Waals surface area contributed by atoms with Gasteiger partial charge in [0, 0.05) is 24.4 Å². The summed E-state index contributed by atoms with van der Waals surface area (Å²) in [7, 11) is 0. The molecular formula is C20H21N3O5. The summed E-state index contributed by atoms with van der Waals surface area (Å²) in [5.41, 5.74) is 1.26. The second kappa shape index (κ2) is 8.16. The second-order valence-electron chi connectivity index (χ2n) is 6.79. The largest absolute Gasteiger partial charge is 0.477 e. The number of carbonyl (C=O) groups excluding carboxylic acids is 2. The Labute approximate surface area is 162 Å². The molecule has 2 N–H and O–H groups in total. The topological polar surface area (TPSA) is 98.8 Å². The summed E-state index contributed by atoms with van der Waals surface area (Å²) in [4.78, 5) is 28.4. The van der Waals surface area contributed by atoms with Crippen molar-refractivity contribution in [1.29, 1.82) is 0 Å². The van der Waals surface area contributed by atoms with Gasteiger partial charge in [0.05, 0.1) is 13.2 Å². The molecule has 1 aliphatic heterocycles. The highest BCUT2D eigenvalue weighted by molar-refractivity contribution is 5.97. The molecule has 0 bridgehead atoms. The maximum atomic E-state index is 12.2. The summed E-state index contributed by atoms with van der Waals surface area (Å²) in [5, 5.41) is 5.33. The van der Waals surface area contributed by atoms with Gasteiger partial charge in [-0.1, -0.05) is 6.07 Å². The van der Waals surface area contributed by atoms with Crippen molar-refractivity contribution < 1.29 is 23.8 Å². The van der Waals surface area contributed by atoms with Gasteiger partial charge in [-0.15, -0.1) is 0 Å². The molecule has 1 fully saturated rings. The molecule has 146 valence electrons. The van der Waals surface area contributed by atoms with Crippen LogP contribution in [0.15, 0.2) is 36.5 Å². The van der Waals surface area contributed by atoms with E-state index < -0.39 is 0 Å². The van der Waals surface area contributed by atoms with Crippen molar-refractivity contribution in [3.05, 3.63) is 47.7 Å². The third-order valence-electron chi connectivity index (χ3n) is 4.50. The van der Waals surface area contributed by atoms with Crippen molar-refractivity contribution in [2.45, 2.75) is 19.4 Å². The molecule has 28 heavy (non-hydrogen) atoms. The van der Waals surface area contributed by atoms with Crippen LogP contribution in [-0.2, 0) is 11.3 Å². The van der Waals surface area contributed by atoms with E-state index >= 15 is 0 Å². The molecule has 0 atom stereocenters. The lowest BCUT2D eigenvalue weighted by Crippen LogP contribution is -2.36. The van der Waals surface area contributed by atoms with Crippen LogP contribution in [0, 0.1) is 5.92 Å². The Bertz CT molecular complexity index is 865. The van der Waals surface area contributed by atoms with Crippen LogP contribution in [0.2, 0.25) is 0 Å². The maximum Gasteiger partial charge on any atom is 0.251 e. The lowest BCUT2D eigenvalue weighted by atomic mass is 10.2. The third-order valence-corrected chi connectivity index (χ3v) is 4.50. The lowest BCUT2D eigenvalue weighted by molar-refractivity contribution is -0.120. The molecule has 1 aromatic carbocycles. The van der Waals surface area contributed by atoms with E-state index in [1.807, 2.05) is 6.07 Å². The van der Waals surface area contributed by atoms with Gasteiger partial charge in [-0.25, -0.2) is 4.98 Å². The Balaban J connectivity index is 1.19. The Morgan fingerprint density at radius 3 is 2.75 bits per heavy atom. The highest BCUT2D eigenvalue weighted by Gasteiger charge is 2.22. The van der Waals surface area contributed by atoms with E-state index in [1.54, 1.807) is 30.5 Å². The predicted molar refractivity (Wildman–Crippen MR) is 99.2 cm³/mol. The van der Waals surface area contributed by atoms with E-state index in [1.165, 1.54) is 12.8 Å². The van der Waals surface area contributed by atoms with E-state index in [0.29, 0.717) is 42.0 Å². The minimum Gasteiger partial charge on any atom is -0.477 e. The van der Waals surface area contributed by atoms with E-state index in [4.69, 9.17) is 14.2 Å². The van der Waals surface area contributed by atoms with Crippen LogP contribution in [-0.4, -0.2) is 36.7 Å². The van der Waals surface area contributed by atoms with Crippen molar-refractivity contribution in [3.8, 4) is 17.4 Å². The van der Waals surface area contributed by atoms with Crippen LogP contribution in [0.3, 0.4) is 0 Å². The number of amides is 2. The van der Waals surface area contributed by atoms with Crippen LogP contribution >= 0.6 is 0 Å². The maximum absolute atomic E-state index is 12.2. The smallest absolute Gasteiger partial charge is 0.251 e. The number of carbonyl (C=O) groups is 2. The van der Waals surface area contributed by atoms with E-state index in [2.05, 4.69) is 15.6 Å².